The second kappa shape index (κ2) is 9.13. The van der Waals surface area contributed by atoms with Crippen molar-refractivity contribution in [2.24, 2.45) is 0 Å². The highest BCUT2D eigenvalue weighted by molar-refractivity contribution is 5.94. The number of unbranched alkanes of at least 4 members (excludes halogenated alkanes) is 2. The molecule has 0 heterocycles. The predicted molar refractivity (Wildman–Crippen MR) is 82.1 cm³/mol. The number of amides is 1. The van der Waals surface area contributed by atoms with Crippen LogP contribution in [0.1, 0.15) is 49.9 Å². The van der Waals surface area contributed by atoms with Crippen molar-refractivity contribution >= 4 is 17.4 Å². The van der Waals surface area contributed by atoms with Gasteiger partial charge in [0.25, 0.3) is 0 Å². The number of ketones is 1. The molecule has 2 N–H and O–H groups in total. The maximum Gasteiger partial charge on any atom is 0.221 e. The Morgan fingerprint density at radius 3 is 2.35 bits per heavy atom. The molecule has 0 unspecified atom stereocenters. The van der Waals surface area contributed by atoms with Crippen LogP contribution in [0.2, 0.25) is 0 Å². The highest BCUT2D eigenvalue weighted by Crippen LogP contribution is 2.09. The quantitative estimate of drug-likeness (QED) is 0.538. The van der Waals surface area contributed by atoms with Gasteiger partial charge in [-0.15, -0.1) is 0 Å². The van der Waals surface area contributed by atoms with Crippen LogP contribution in [0.5, 0.6) is 0 Å². The van der Waals surface area contributed by atoms with Crippen molar-refractivity contribution in [2.45, 2.75) is 39.5 Å². The van der Waals surface area contributed by atoms with Gasteiger partial charge in [-0.3, -0.25) is 9.59 Å². The fourth-order valence-corrected chi connectivity index (χ4v) is 1.83. The number of Topliss-reactive ketones (excluding diaryl/α,β-unsaturated/α-hetero) is 1. The smallest absolute Gasteiger partial charge is 0.221 e. The summed E-state index contributed by atoms with van der Waals surface area (Å²) in [5, 5.41) is 6.08. The van der Waals surface area contributed by atoms with E-state index in [-0.39, 0.29) is 11.7 Å². The molecule has 0 spiro atoms. The lowest BCUT2D eigenvalue weighted by molar-refractivity contribution is -0.120. The second-order valence-corrected chi connectivity index (χ2v) is 4.87. The van der Waals surface area contributed by atoms with Crippen LogP contribution in [-0.2, 0) is 4.79 Å². The van der Waals surface area contributed by atoms with Gasteiger partial charge in [-0.25, -0.2) is 0 Å². The van der Waals surface area contributed by atoms with Gasteiger partial charge in [0.15, 0.2) is 5.78 Å². The van der Waals surface area contributed by atoms with Crippen LogP contribution < -0.4 is 10.6 Å². The Morgan fingerprint density at radius 1 is 1.05 bits per heavy atom. The van der Waals surface area contributed by atoms with Crippen molar-refractivity contribution in [2.75, 3.05) is 18.4 Å². The standard InChI is InChI=1S/C16H24N2O2/c1-3-4-5-11-18-16(20)10-12-17-15-8-6-14(7-9-15)13(2)19/h6-9,17H,3-5,10-12H2,1-2H3,(H,18,20). The summed E-state index contributed by atoms with van der Waals surface area (Å²) in [4.78, 5) is 22.7. The number of anilines is 1. The van der Waals surface area contributed by atoms with Gasteiger partial charge in [0.05, 0.1) is 0 Å². The molecule has 0 aliphatic carbocycles. The molecule has 4 heteroatoms. The zero-order valence-corrected chi connectivity index (χ0v) is 12.4. The minimum atomic E-state index is 0.0583. The summed E-state index contributed by atoms with van der Waals surface area (Å²) in [7, 11) is 0. The van der Waals surface area contributed by atoms with Crippen LogP contribution in [-0.4, -0.2) is 24.8 Å². The molecule has 0 saturated heterocycles. The third-order valence-corrected chi connectivity index (χ3v) is 3.08. The summed E-state index contributed by atoms with van der Waals surface area (Å²) in [5.74, 6) is 0.136. The predicted octanol–water partition coefficient (Wildman–Crippen LogP) is 3.00. The van der Waals surface area contributed by atoms with Crippen LogP contribution in [0.15, 0.2) is 24.3 Å². The number of benzene rings is 1. The molecule has 20 heavy (non-hydrogen) atoms. The minimum Gasteiger partial charge on any atom is -0.385 e. The molecule has 1 rings (SSSR count). The highest BCUT2D eigenvalue weighted by Gasteiger charge is 2.01. The van der Waals surface area contributed by atoms with E-state index in [0.29, 0.717) is 18.5 Å². The molecule has 1 aromatic carbocycles. The number of hydrogen-bond donors (Lipinski definition) is 2. The minimum absolute atomic E-state index is 0.0583. The SMILES string of the molecule is CCCCCNC(=O)CCNc1ccc(C(C)=O)cc1. The van der Waals surface area contributed by atoms with Crippen molar-refractivity contribution in [3.8, 4) is 0 Å². The van der Waals surface area contributed by atoms with E-state index in [4.69, 9.17) is 0 Å². The molecule has 0 aliphatic heterocycles. The summed E-state index contributed by atoms with van der Waals surface area (Å²) >= 11 is 0. The van der Waals surface area contributed by atoms with Crippen LogP contribution in [0.3, 0.4) is 0 Å². The molecule has 1 aromatic rings. The number of carbonyl (C=O) groups excluding carboxylic acids is 2. The molecule has 0 fully saturated rings. The van der Waals surface area contributed by atoms with Crippen molar-refractivity contribution in [1.82, 2.24) is 5.32 Å². The van der Waals surface area contributed by atoms with Gasteiger partial charge in [0, 0.05) is 30.8 Å². The molecule has 0 radical (unpaired) electrons. The van der Waals surface area contributed by atoms with Crippen molar-refractivity contribution in [3.63, 3.8) is 0 Å². The Kier molecular flexibility index (Phi) is 7.40. The topological polar surface area (TPSA) is 58.2 Å². The average molecular weight is 276 g/mol. The van der Waals surface area contributed by atoms with Gasteiger partial charge < -0.3 is 10.6 Å². The first-order valence-corrected chi connectivity index (χ1v) is 7.25. The fourth-order valence-electron chi connectivity index (χ4n) is 1.83. The lowest BCUT2D eigenvalue weighted by Crippen LogP contribution is -2.26. The van der Waals surface area contributed by atoms with E-state index in [0.717, 1.165) is 31.5 Å². The Labute approximate surface area is 121 Å². The average Bonchev–Trinajstić information content (AvgIpc) is 2.44. The van der Waals surface area contributed by atoms with E-state index < -0.39 is 0 Å². The van der Waals surface area contributed by atoms with E-state index >= 15 is 0 Å². The van der Waals surface area contributed by atoms with Crippen LogP contribution >= 0.6 is 0 Å². The molecule has 4 nitrogen and oxygen atoms in total. The first-order chi connectivity index (χ1) is 9.63. The number of rotatable bonds is 9. The third kappa shape index (κ3) is 6.36. The summed E-state index contributed by atoms with van der Waals surface area (Å²) in [6, 6.07) is 7.29. The van der Waals surface area contributed by atoms with Gasteiger partial charge in [-0.1, -0.05) is 19.8 Å². The molecule has 0 bridgehead atoms. The summed E-state index contributed by atoms with van der Waals surface area (Å²) in [6.07, 6.45) is 3.82. The number of nitrogens with one attached hydrogen (secondary N) is 2. The van der Waals surface area contributed by atoms with Crippen LogP contribution in [0.25, 0.3) is 0 Å². The summed E-state index contributed by atoms with van der Waals surface area (Å²) in [6.45, 7) is 5.05. The maximum absolute atomic E-state index is 11.5. The summed E-state index contributed by atoms with van der Waals surface area (Å²) < 4.78 is 0. The van der Waals surface area contributed by atoms with E-state index in [2.05, 4.69) is 17.6 Å². The van der Waals surface area contributed by atoms with Crippen LogP contribution in [0.4, 0.5) is 5.69 Å². The molecular weight excluding hydrogens is 252 g/mol. The Bertz CT molecular complexity index is 427. The van der Waals surface area contributed by atoms with Gasteiger partial charge >= 0.3 is 0 Å². The van der Waals surface area contributed by atoms with Gasteiger partial charge in [-0.2, -0.15) is 0 Å². The van der Waals surface area contributed by atoms with Crippen molar-refractivity contribution < 1.29 is 9.59 Å². The van der Waals surface area contributed by atoms with Crippen LogP contribution in [0, 0.1) is 0 Å². The molecule has 0 aromatic heterocycles. The largest absolute Gasteiger partial charge is 0.385 e. The van der Waals surface area contributed by atoms with E-state index in [1.807, 2.05) is 12.1 Å². The Morgan fingerprint density at radius 2 is 1.75 bits per heavy atom. The van der Waals surface area contributed by atoms with E-state index in [1.54, 1.807) is 19.1 Å². The van der Waals surface area contributed by atoms with E-state index in [1.165, 1.54) is 0 Å². The molecule has 0 saturated carbocycles. The molecule has 1 amide bonds. The van der Waals surface area contributed by atoms with Gasteiger partial charge in [0.1, 0.15) is 0 Å². The second-order valence-electron chi connectivity index (χ2n) is 4.87. The first-order valence-electron chi connectivity index (χ1n) is 7.25. The first kappa shape index (κ1) is 16.2. The Balaban J connectivity index is 2.20. The lowest BCUT2D eigenvalue weighted by atomic mass is 10.1. The van der Waals surface area contributed by atoms with Gasteiger partial charge in [-0.05, 0) is 37.6 Å². The molecular formula is C16H24N2O2. The maximum atomic E-state index is 11.5. The van der Waals surface area contributed by atoms with Gasteiger partial charge in [0.2, 0.25) is 5.91 Å². The number of hydrogen-bond acceptors (Lipinski definition) is 3. The normalized spacial score (nSPS) is 10.1. The third-order valence-electron chi connectivity index (χ3n) is 3.08. The molecule has 110 valence electrons. The zero-order valence-electron chi connectivity index (χ0n) is 12.4. The number of carbonyl (C=O) groups is 2. The molecule has 0 atom stereocenters. The highest BCUT2D eigenvalue weighted by atomic mass is 16.1. The van der Waals surface area contributed by atoms with Crippen molar-refractivity contribution in [3.05, 3.63) is 29.8 Å². The zero-order chi connectivity index (χ0) is 14.8. The molecule has 0 aliphatic rings. The monoisotopic (exact) mass is 276 g/mol. The van der Waals surface area contributed by atoms with Crippen molar-refractivity contribution in [1.29, 1.82) is 0 Å². The Hall–Kier alpha value is -1.84. The lowest BCUT2D eigenvalue weighted by Gasteiger charge is -2.07. The summed E-state index contributed by atoms with van der Waals surface area (Å²) in [5.41, 5.74) is 1.62. The fraction of sp³-hybridized carbons (Fsp3) is 0.500. The van der Waals surface area contributed by atoms with E-state index in [9.17, 15) is 9.59 Å².